The Morgan fingerprint density at radius 1 is 1.26 bits per heavy atom. The molecule has 0 aliphatic heterocycles. The number of nitrogens with zero attached hydrogens (tertiary/aromatic N) is 1. The summed E-state index contributed by atoms with van der Waals surface area (Å²) in [5.74, 6) is 0. The summed E-state index contributed by atoms with van der Waals surface area (Å²) in [5.41, 5.74) is 0. The quantitative estimate of drug-likeness (QED) is 0.683. The Kier molecular flexibility index (Phi) is 7.28. The number of methoxy groups -OCH3 is 1. The molecule has 0 heterocycles. The highest BCUT2D eigenvalue weighted by atomic mass is 32.2. The van der Waals surface area contributed by atoms with Crippen LogP contribution in [-0.4, -0.2) is 57.9 Å². The van der Waals surface area contributed by atoms with E-state index in [-0.39, 0.29) is 0 Å². The van der Waals surface area contributed by atoms with Crippen LogP contribution in [0.15, 0.2) is 0 Å². The van der Waals surface area contributed by atoms with E-state index < -0.39 is 10.0 Å². The third-order valence-electron chi connectivity index (χ3n) is 3.85. The highest BCUT2D eigenvalue weighted by Crippen LogP contribution is 2.20. The summed E-state index contributed by atoms with van der Waals surface area (Å²) in [4.78, 5) is 0. The predicted molar refractivity (Wildman–Crippen MR) is 77.8 cm³/mol. The lowest BCUT2D eigenvalue weighted by Crippen LogP contribution is -2.37. The van der Waals surface area contributed by atoms with E-state index in [1.165, 1.54) is 10.6 Å². The van der Waals surface area contributed by atoms with E-state index in [0.29, 0.717) is 25.2 Å². The summed E-state index contributed by atoms with van der Waals surface area (Å²) < 4.78 is 29.7. The van der Waals surface area contributed by atoms with Crippen molar-refractivity contribution in [1.29, 1.82) is 0 Å². The lowest BCUT2D eigenvalue weighted by molar-refractivity contribution is 0.0625. The summed E-state index contributed by atoms with van der Waals surface area (Å²) >= 11 is 0. The molecule has 0 unspecified atom stereocenters. The molecule has 114 valence electrons. The van der Waals surface area contributed by atoms with Gasteiger partial charge in [0.2, 0.25) is 10.0 Å². The van der Waals surface area contributed by atoms with Gasteiger partial charge >= 0.3 is 0 Å². The van der Waals surface area contributed by atoms with E-state index in [1.807, 2.05) is 6.92 Å². The molecule has 0 aromatic heterocycles. The van der Waals surface area contributed by atoms with Crippen molar-refractivity contribution in [2.45, 2.75) is 51.2 Å². The standard InChI is InChI=1S/C13H28N2O3S/c1-4-15(19(3,16)17)11-5-10-14-12-6-8-13(18-2)9-7-12/h12-14H,4-11H2,1-3H3. The fourth-order valence-electron chi connectivity index (χ4n) is 2.62. The molecule has 0 bridgehead atoms. The molecule has 19 heavy (non-hydrogen) atoms. The first-order valence-corrected chi connectivity index (χ1v) is 9.03. The Balaban J connectivity index is 2.14. The molecule has 6 heteroatoms. The first-order chi connectivity index (χ1) is 8.97. The molecule has 0 radical (unpaired) electrons. The van der Waals surface area contributed by atoms with Gasteiger partial charge in [0.15, 0.2) is 0 Å². The Labute approximate surface area is 117 Å². The van der Waals surface area contributed by atoms with E-state index in [1.54, 1.807) is 7.11 Å². The average Bonchev–Trinajstić information content (AvgIpc) is 2.38. The van der Waals surface area contributed by atoms with E-state index >= 15 is 0 Å². The van der Waals surface area contributed by atoms with E-state index in [9.17, 15) is 8.42 Å². The van der Waals surface area contributed by atoms with Crippen molar-refractivity contribution in [2.24, 2.45) is 0 Å². The minimum atomic E-state index is -3.04. The van der Waals surface area contributed by atoms with Gasteiger partial charge in [0.25, 0.3) is 0 Å². The number of rotatable bonds is 8. The average molecular weight is 292 g/mol. The van der Waals surface area contributed by atoms with E-state index in [2.05, 4.69) is 5.32 Å². The topological polar surface area (TPSA) is 58.6 Å². The number of nitrogens with one attached hydrogen (secondary N) is 1. The Morgan fingerprint density at radius 2 is 1.89 bits per heavy atom. The van der Waals surface area contributed by atoms with Crippen LogP contribution in [0.1, 0.15) is 39.0 Å². The van der Waals surface area contributed by atoms with Crippen LogP contribution in [0, 0.1) is 0 Å². The van der Waals surface area contributed by atoms with Crippen molar-refractivity contribution in [3.63, 3.8) is 0 Å². The van der Waals surface area contributed by atoms with Crippen LogP contribution in [0.5, 0.6) is 0 Å². The largest absolute Gasteiger partial charge is 0.381 e. The zero-order valence-electron chi connectivity index (χ0n) is 12.4. The van der Waals surface area contributed by atoms with Gasteiger partial charge in [-0.15, -0.1) is 0 Å². The summed E-state index contributed by atoms with van der Waals surface area (Å²) in [6, 6.07) is 0.569. The molecule has 0 spiro atoms. The van der Waals surface area contributed by atoms with Crippen LogP contribution < -0.4 is 5.32 Å². The van der Waals surface area contributed by atoms with Crippen molar-refractivity contribution in [3.8, 4) is 0 Å². The zero-order valence-corrected chi connectivity index (χ0v) is 13.2. The number of sulfonamides is 1. The summed E-state index contributed by atoms with van der Waals surface area (Å²) in [5, 5.41) is 3.52. The van der Waals surface area contributed by atoms with Crippen LogP contribution in [0.4, 0.5) is 0 Å². The SMILES string of the molecule is CCN(CCCNC1CCC(OC)CC1)S(C)(=O)=O. The number of hydrogen-bond acceptors (Lipinski definition) is 4. The van der Waals surface area contributed by atoms with Gasteiger partial charge in [-0.1, -0.05) is 6.92 Å². The smallest absolute Gasteiger partial charge is 0.211 e. The van der Waals surface area contributed by atoms with Crippen molar-refractivity contribution in [2.75, 3.05) is 33.0 Å². The second-order valence-electron chi connectivity index (χ2n) is 5.27. The van der Waals surface area contributed by atoms with Gasteiger partial charge < -0.3 is 10.1 Å². The third kappa shape index (κ3) is 6.21. The second kappa shape index (κ2) is 8.19. The van der Waals surface area contributed by atoms with Crippen LogP contribution in [0.2, 0.25) is 0 Å². The Bertz CT molecular complexity index is 338. The normalized spacial score (nSPS) is 24.8. The maximum atomic E-state index is 11.4. The van der Waals surface area contributed by atoms with Crippen molar-refractivity contribution < 1.29 is 13.2 Å². The van der Waals surface area contributed by atoms with Crippen LogP contribution in [0.25, 0.3) is 0 Å². The first-order valence-electron chi connectivity index (χ1n) is 7.18. The highest BCUT2D eigenvalue weighted by Gasteiger charge is 2.20. The zero-order chi connectivity index (χ0) is 14.3. The molecular weight excluding hydrogens is 264 g/mol. The van der Waals surface area contributed by atoms with Gasteiger partial charge in [0.1, 0.15) is 0 Å². The van der Waals surface area contributed by atoms with Gasteiger partial charge in [-0.25, -0.2) is 12.7 Å². The van der Waals surface area contributed by atoms with Gasteiger partial charge in [0, 0.05) is 26.2 Å². The number of ether oxygens (including phenoxy) is 1. The second-order valence-corrected chi connectivity index (χ2v) is 7.25. The van der Waals surface area contributed by atoms with Gasteiger partial charge in [0.05, 0.1) is 12.4 Å². The van der Waals surface area contributed by atoms with Gasteiger partial charge in [-0.3, -0.25) is 0 Å². The lowest BCUT2D eigenvalue weighted by atomic mass is 9.93. The van der Waals surface area contributed by atoms with Gasteiger partial charge in [-0.2, -0.15) is 0 Å². The fourth-order valence-corrected chi connectivity index (χ4v) is 3.55. The monoisotopic (exact) mass is 292 g/mol. The maximum absolute atomic E-state index is 11.4. The number of hydrogen-bond donors (Lipinski definition) is 1. The summed E-state index contributed by atoms with van der Waals surface area (Å²) in [7, 11) is -1.26. The molecule has 0 aromatic carbocycles. The van der Waals surface area contributed by atoms with Crippen molar-refractivity contribution in [3.05, 3.63) is 0 Å². The van der Waals surface area contributed by atoms with Gasteiger partial charge in [-0.05, 0) is 38.6 Å². The van der Waals surface area contributed by atoms with Crippen LogP contribution >= 0.6 is 0 Å². The van der Waals surface area contributed by atoms with Crippen molar-refractivity contribution >= 4 is 10.0 Å². The van der Waals surface area contributed by atoms with Crippen molar-refractivity contribution in [1.82, 2.24) is 9.62 Å². The molecule has 1 rings (SSSR count). The Hall–Kier alpha value is -0.170. The summed E-state index contributed by atoms with van der Waals surface area (Å²) in [6.07, 6.45) is 7.13. The van der Waals surface area contributed by atoms with Crippen LogP contribution in [-0.2, 0) is 14.8 Å². The molecular formula is C13H28N2O3S. The summed E-state index contributed by atoms with van der Waals surface area (Å²) in [6.45, 7) is 3.92. The molecule has 1 fully saturated rings. The third-order valence-corrected chi connectivity index (χ3v) is 5.23. The molecule has 1 N–H and O–H groups in total. The predicted octanol–water partition coefficient (Wildman–Crippen LogP) is 1.21. The van der Waals surface area contributed by atoms with E-state index in [0.717, 1.165) is 38.6 Å². The fraction of sp³-hybridized carbons (Fsp3) is 1.00. The molecule has 1 aliphatic rings. The molecule has 5 nitrogen and oxygen atoms in total. The molecule has 1 saturated carbocycles. The molecule has 0 saturated heterocycles. The Morgan fingerprint density at radius 3 is 2.37 bits per heavy atom. The first kappa shape index (κ1) is 16.9. The molecule has 1 aliphatic carbocycles. The van der Waals surface area contributed by atoms with E-state index in [4.69, 9.17) is 4.74 Å². The molecule has 0 atom stereocenters. The maximum Gasteiger partial charge on any atom is 0.211 e. The minimum absolute atomic E-state index is 0.430. The highest BCUT2D eigenvalue weighted by molar-refractivity contribution is 7.88. The molecule has 0 amide bonds. The lowest BCUT2D eigenvalue weighted by Gasteiger charge is -2.28. The molecule has 0 aromatic rings. The minimum Gasteiger partial charge on any atom is -0.381 e. The van der Waals surface area contributed by atoms with Crippen LogP contribution in [0.3, 0.4) is 0 Å².